The van der Waals surface area contributed by atoms with E-state index >= 15 is 0 Å². The van der Waals surface area contributed by atoms with E-state index < -0.39 is 0 Å². The van der Waals surface area contributed by atoms with Crippen molar-refractivity contribution in [1.82, 2.24) is 15.6 Å². The minimum Gasteiger partial charge on any atom is -0.436 e. The summed E-state index contributed by atoms with van der Waals surface area (Å²) in [5.74, 6) is 2.23. The van der Waals surface area contributed by atoms with Crippen molar-refractivity contribution in [2.75, 3.05) is 0 Å². The normalized spacial score (nSPS) is 19.0. The topological polar surface area (TPSA) is 74.8 Å². The fourth-order valence-corrected chi connectivity index (χ4v) is 7.67. The van der Waals surface area contributed by atoms with E-state index in [0.717, 1.165) is 62.6 Å². The molecule has 2 N–H and O–H groups in total. The van der Waals surface area contributed by atoms with Crippen LogP contribution in [-0.2, 0) is 0 Å². The van der Waals surface area contributed by atoms with Gasteiger partial charge in [-0.1, -0.05) is 152 Å². The highest BCUT2D eigenvalue weighted by Gasteiger charge is 2.34. The van der Waals surface area contributed by atoms with Crippen LogP contribution in [0.1, 0.15) is 52.0 Å². The highest BCUT2D eigenvalue weighted by Crippen LogP contribution is 2.43. The molecule has 3 heterocycles. The Balaban J connectivity index is 0.940. The van der Waals surface area contributed by atoms with Gasteiger partial charge in [-0.2, -0.15) is 0 Å². The van der Waals surface area contributed by atoms with Crippen LogP contribution in [0.15, 0.2) is 184 Å². The summed E-state index contributed by atoms with van der Waals surface area (Å²) in [5.41, 5.74) is 12.9. The third-order valence-corrected chi connectivity index (χ3v) is 10.4. The number of rotatable bonds is 6. The van der Waals surface area contributed by atoms with Gasteiger partial charge >= 0.3 is 0 Å². The van der Waals surface area contributed by atoms with Crippen LogP contribution in [0.3, 0.4) is 0 Å². The van der Waals surface area contributed by atoms with Gasteiger partial charge in [0.25, 0.3) is 0 Å². The molecule has 0 spiro atoms. The second-order valence-corrected chi connectivity index (χ2v) is 13.6. The molecule has 10 rings (SSSR count). The Labute approximate surface area is 308 Å². The summed E-state index contributed by atoms with van der Waals surface area (Å²) in [6, 6.07) is 52.7. The van der Waals surface area contributed by atoms with Crippen molar-refractivity contribution in [3.8, 4) is 22.6 Å². The van der Waals surface area contributed by atoms with Crippen LogP contribution >= 0.6 is 0 Å². The number of benzene rings is 6. The highest BCUT2D eigenvalue weighted by molar-refractivity contribution is 6.16. The number of allylic oxidation sites excluding steroid dienone is 2. The number of nitrogens with zero attached hydrogens (tertiary/aromatic N) is 3. The Morgan fingerprint density at radius 1 is 0.566 bits per heavy atom. The molecule has 3 atom stereocenters. The molecule has 6 aromatic carbocycles. The maximum absolute atomic E-state index is 6.44. The van der Waals surface area contributed by atoms with Gasteiger partial charge in [0.1, 0.15) is 17.2 Å². The van der Waals surface area contributed by atoms with Crippen molar-refractivity contribution in [2.24, 2.45) is 9.98 Å². The maximum atomic E-state index is 6.44. The van der Waals surface area contributed by atoms with E-state index in [2.05, 4.69) is 144 Å². The number of hydrogen-bond acceptors (Lipinski definition) is 6. The first-order chi connectivity index (χ1) is 26.2. The molecule has 0 saturated carbocycles. The Bertz CT molecular complexity index is 2570. The second kappa shape index (κ2) is 13.2. The van der Waals surface area contributed by atoms with Crippen molar-refractivity contribution < 1.29 is 4.42 Å². The molecule has 53 heavy (non-hydrogen) atoms. The van der Waals surface area contributed by atoms with E-state index in [1.165, 1.54) is 22.3 Å². The zero-order valence-electron chi connectivity index (χ0n) is 28.9. The first kappa shape index (κ1) is 31.1. The summed E-state index contributed by atoms with van der Waals surface area (Å²) in [6.45, 7) is 0. The first-order valence-electron chi connectivity index (χ1n) is 18.1. The summed E-state index contributed by atoms with van der Waals surface area (Å²) < 4.78 is 6.44. The van der Waals surface area contributed by atoms with E-state index in [9.17, 15) is 0 Å². The summed E-state index contributed by atoms with van der Waals surface area (Å²) >= 11 is 0. The number of oxazole rings is 1. The predicted octanol–water partition coefficient (Wildman–Crippen LogP) is 10.1. The van der Waals surface area contributed by atoms with Crippen LogP contribution in [0, 0.1) is 0 Å². The number of nitrogens with one attached hydrogen (secondary N) is 2. The number of aliphatic imine (C=N–C) groups is 2. The van der Waals surface area contributed by atoms with Gasteiger partial charge in [-0.25, -0.2) is 15.0 Å². The van der Waals surface area contributed by atoms with Crippen molar-refractivity contribution in [3.63, 3.8) is 0 Å². The smallest absolute Gasteiger partial charge is 0.227 e. The molecule has 6 heteroatoms. The maximum Gasteiger partial charge on any atom is 0.227 e. The molecule has 7 aromatic rings. The van der Waals surface area contributed by atoms with E-state index in [-0.39, 0.29) is 18.2 Å². The molecular weight excluding hydrogens is 651 g/mol. The number of aromatic nitrogens is 1. The molecule has 0 amide bonds. The molecule has 0 saturated heterocycles. The van der Waals surface area contributed by atoms with Crippen molar-refractivity contribution >= 4 is 28.3 Å². The van der Waals surface area contributed by atoms with Gasteiger partial charge in [0.2, 0.25) is 5.89 Å². The average molecular weight is 686 g/mol. The molecular formula is C47H35N5O. The zero-order chi connectivity index (χ0) is 35.1. The van der Waals surface area contributed by atoms with Gasteiger partial charge in [0.15, 0.2) is 11.7 Å². The van der Waals surface area contributed by atoms with Gasteiger partial charge < -0.3 is 9.73 Å². The number of hydrogen-bond donors (Lipinski definition) is 2. The van der Waals surface area contributed by atoms with Crippen LogP contribution < -0.4 is 10.6 Å². The zero-order valence-corrected chi connectivity index (χ0v) is 28.9. The summed E-state index contributed by atoms with van der Waals surface area (Å²) in [7, 11) is 0. The molecule has 254 valence electrons. The van der Waals surface area contributed by atoms with Gasteiger partial charge in [0.05, 0.1) is 6.04 Å². The van der Waals surface area contributed by atoms with Gasteiger partial charge in [-0.3, -0.25) is 5.32 Å². The van der Waals surface area contributed by atoms with Crippen LogP contribution in [0.25, 0.3) is 39.3 Å². The summed E-state index contributed by atoms with van der Waals surface area (Å²) in [4.78, 5) is 15.1. The van der Waals surface area contributed by atoms with Gasteiger partial charge in [-0.15, -0.1) is 0 Å². The van der Waals surface area contributed by atoms with E-state index in [0.29, 0.717) is 5.89 Å². The molecule has 1 aromatic heterocycles. The van der Waals surface area contributed by atoms with Crippen molar-refractivity contribution in [2.45, 2.75) is 24.7 Å². The van der Waals surface area contributed by atoms with Crippen molar-refractivity contribution in [3.05, 3.63) is 203 Å². The number of fused-ring (bicyclic) bond motifs is 5. The second-order valence-electron chi connectivity index (χ2n) is 13.6. The Morgan fingerprint density at radius 2 is 1.15 bits per heavy atom. The summed E-state index contributed by atoms with van der Waals surface area (Å²) in [6.07, 6.45) is 7.23. The molecule has 3 aliphatic rings. The lowest BCUT2D eigenvalue weighted by atomic mass is 9.80. The molecule has 0 radical (unpaired) electrons. The standard InChI is InChI=1S/C47H35N5O/c1-4-12-32(13-5-1)42-38-28-29-40-43(41(38)37-18-10-11-19-39(37)48-42)49-47(53-40)36-26-22-31(23-27-36)30-20-24-35(25-21-30)46-51-44(33-14-6-2-7-15-33)50-45(52-46)34-16-8-3-9-17-34/h1-18,20-29,39,42,44,48H,19H2,(H,50,51,52). The van der Waals surface area contributed by atoms with Crippen LogP contribution in [-0.4, -0.2) is 22.7 Å². The summed E-state index contributed by atoms with van der Waals surface area (Å²) in [5, 5.41) is 7.40. The third-order valence-electron chi connectivity index (χ3n) is 10.4. The fraction of sp³-hybridized carbons (Fsp3) is 0.0851. The van der Waals surface area contributed by atoms with Crippen LogP contribution in [0.4, 0.5) is 0 Å². The van der Waals surface area contributed by atoms with E-state index in [1.54, 1.807) is 0 Å². The predicted molar refractivity (Wildman–Crippen MR) is 214 cm³/mol. The monoisotopic (exact) mass is 685 g/mol. The minimum atomic E-state index is -0.327. The molecule has 1 aliphatic carbocycles. The molecule has 2 aliphatic heterocycles. The van der Waals surface area contributed by atoms with Gasteiger partial charge in [-0.05, 0) is 58.0 Å². The Morgan fingerprint density at radius 3 is 1.83 bits per heavy atom. The lowest BCUT2D eigenvalue weighted by molar-refractivity contribution is 0.527. The van der Waals surface area contributed by atoms with Crippen LogP contribution in [0.5, 0.6) is 0 Å². The molecule has 0 fully saturated rings. The van der Waals surface area contributed by atoms with E-state index in [4.69, 9.17) is 19.4 Å². The minimum absolute atomic E-state index is 0.0837. The number of amidine groups is 2. The van der Waals surface area contributed by atoms with Crippen molar-refractivity contribution in [1.29, 1.82) is 0 Å². The molecule has 0 bridgehead atoms. The highest BCUT2D eigenvalue weighted by atomic mass is 16.3. The Kier molecular flexibility index (Phi) is 7.73. The average Bonchev–Trinajstić information content (AvgIpc) is 3.69. The quantitative estimate of drug-likeness (QED) is 0.183. The van der Waals surface area contributed by atoms with Crippen LogP contribution in [0.2, 0.25) is 0 Å². The Hall–Kier alpha value is -6.63. The van der Waals surface area contributed by atoms with E-state index in [1.807, 2.05) is 36.4 Å². The first-order valence-corrected chi connectivity index (χ1v) is 18.1. The lowest BCUT2D eigenvalue weighted by Crippen LogP contribution is -2.39. The van der Waals surface area contributed by atoms with Gasteiger partial charge in [0, 0.05) is 28.3 Å². The molecule has 3 unspecified atom stereocenters. The third kappa shape index (κ3) is 5.79. The largest absolute Gasteiger partial charge is 0.436 e. The molecule has 6 nitrogen and oxygen atoms in total. The fourth-order valence-electron chi connectivity index (χ4n) is 7.67. The lowest BCUT2D eigenvalue weighted by Gasteiger charge is -2.36. The SMILES string of the molecule is C1=CCC2NC(c3ccccc3)c3ccc4oc(-c5ccc(-c6ccc(C7=NC(c8ccccc8)N=C(c8ccccc8)N7)cc6)cc5)nc4c3C2=C1.